The molecule has 4 nitrogen and oxygen atoms in total. The lowest BCUT2D eigenvalue weighted by atomic mass is 9.89. The number of rotatable bonds is 6. The van der Waals surface area contributed by atoms with Crippen LogP contribution in [0.3, 0.4) is 0 Å². The molecule has 1 aromatic rings. The first-order valence-electron chi connectivity index (χ1n) is 12.6. The van der Waals surface area contributed by atoms with E-state index in [1.165, 1.54) is 37.1 Å². The highest BCUT2D eigenvalue weighted by molar-refractivity contribution is 6.34. The van der Waals surface area contributed by atoms with Crippen molar-refractivity contribution in [1.82, 2.24) is 9.80 Å². The standard InChI is InChI=1S/C22H25ClN2O.C8H13N/c1-16-4-3-5-17(7-6-16)14-18-10-12-25(13-11-18)22(26)20-15-19(24-2)8-9-21(20)23;1-3-8(2)9-6-4-5-7-9/h6-9,15,18,24H,4,10-14H2,1-2H3;3H,1-2,4-7H2. The summed E-state index contributed by atoms with van der Waals surface area (Å²) in [6.07, 6.45) is 12.7. The Kier molecular flexibility index (Phi) is 10.1. The minimum atomic E-state index is 0.0255. The van der Waals surface area contributed by atoms with Crippen LogP contribution in [-0.2, 0) is 0 Å². The number of piperidine rings is 1. The van der Waals surface area contributed by atoms with Gasteiger partial charge in [0.25, 0.3) is 5.91 Å². The third-order valence-electron chi connectivity index (χ3n) is 6.83. The van der Waals surface area contributed by atoms with Crippen LogP contribution in [0.1, 0.15) is 55.8 Å². The van der Waals surface area contributed by atoms with Crippen LogP contribution in [0.15, 0.2) is 66.4 Å². The number of nitrogens with one attached hydrogen (secondary N) is 1. The number of nitrogens with zero attached hydrogens (tertiary/aromatic N) is 2. The first-order valence-corrected chi connectivity index (χ1v) is 13.0. The van der Waals surface area contributed by atoms with Gasteiger partial charge in [0.2, 0.25) is 0 Å². The van der Waals surface area contributed by atoms with Crippen molar-refractivity contribution in [2.75, 3.05) is 38.5 Å². The Labute approximate surface area is 216 Å². The normalized spacial score (nSPS) is 17.7. The maximum absolute atomic E-state index is 12.8. The Morgan fingerprint density at radius 2 is 1.89 bits per heavy atom. The number of amides is 1. The van der Waals surface area contributed by atoms with E-state index in [1.54, 1.807) is 6.07 Å². The minimum Gasteiger partial charge on any atom is -0.388 e. The van der Waals surface area contributed by atoms with Crippen molar-refractivity contribution in [1.29, 1.82) is 0 Å². The van der Waals surface area contributed by atoms with Crippen LogP contribution >= 0.6 is 11.6 Å². The van der Waals surface area contributed by atoms with Crippen molar-refractivity contribution in [2.45, 2.75) is 45.4 Å². The van der Waals surface area contributed by atoms with E-state index in [2.05, 4.69) is 54.3 Å². The first-order chi connectivity index (χ1) is 16.9. The molecule has 4 rings (SSSR count). The van der Waals surface area contributed by atoms with Gasteiger partial charge < -0.3 is 15.1 Å². The van der Waals surface area contributed by atoms with E-state index in [9.17, 15) is 4.79 Å². The van der Waals surface area contributed by atoms with Gasteiger partial charge >= 0.3 is 0 Å². The van der Waals surface area contributed by atoms with Crippen LogP contribution in [0.4, 0.5) is 5.69 Å². The predicted molar refractivity (Wildman–Crippen MR) is 149 cm³/mol. The van der Waals surface area contributed by atoms with Crippen molar-refractivity contribution >= 4 is 23.2 Å². The van der Waals surface area contributed by atoms with Crippen LogP contribution in [0.25, 0.3) is 0 Å². The van der Waals surface area contributed by atoms with E-state index in [0.29, 0.717) is 16.5 Å². The highest BCUT2D eigenvalue weighted by atomic mass is 35.5. The van der Waals surface area contributed by atoms with Crippen molar-refractivity contribution in [2.24, 2.45) is 5.92 Å². The monoisotopic (exact) mass is 491 g/mol. The molecule has 1 aromatic carbocycles. The molecular weight excluding hydrogens is 454 g/mol. The summed E-state index contributed by atoms with van der Waals surface area (Å²) < 4.78 is 0. The van der Waals surface area contributed by atoms with Gasteiger partial charge in [-0.25, -0.2) is 0 Å². The van der Waals surface area contributed by atoms with Crippen LogP contribution in [0.5, 0.6) is 0 Å². The third-order valence-corrected chi connectivity index (χ3v) is 7.16. The summed E-state index contributed by atoms with van der Waals surface area (Å²) in [5, 5.41) is 3.57. The third kappa shape index (κ3) is 7.80. The number of hydrogen-bond donors (Lipinski definition) is 1. The Bertz CT molecular complexity index is 1050. The number of carbonyl (C=O) groups excluding carboxylic acids is 1. The van der Waals surface area contributed by atoms with E-state index in [1.807, 2.05) is 30.2 Å². The van der Waals surface area contributed by atoms with Gasteiger partial charge in [-0.2, -0.15) is 0 Å². The molecule has 0 saturated carbocycles. The topological polar surface area (TPSA) is 35.6 Å². The quantitative estimate of drug-likeness (QED) is 0.356. The molecule has 1 aliphatic carbocycles. The molecule has 2 fully saturated rings. The highest BCUT2D eigenvalue weighted by Crippen LogP contribution is 2.28. The molecule has 1 amide bonds. The molecule has 0 spiro atoms. The SMILES string of the molecule is C=CC(=C)N1CCCC1.CNc1ccc(Cl)c(C(=O)N2CCC(CC3=CC=C(C)CC#C3)CC2)c1. The van der Waals surface area contributed by atoms with Crippen LogP contribution in [0.2, 0.25) is 5.02 Å². The van der Waals surface area contributed by atoms with Gasteiger partial charge in [0.1, 0.15) is 0 Å². The van der Waals surface area contributed by atoms with E-state index >= 15 is 0 Å². The zero-order valence-electron chi connectivity index (χ0n) is 21.2. The molecule has 3 aliphatic rings. The number of allylic oxidation sites excluding steroid dienone is 5. The molecule has 5 heteroatoms. The number of carbonyl (C=O) groups is 1. The summed E-state index contributed by atoms with van der Waals surface area (Å²) in [6, 6.07) is 5.49. The Balaban J connectivity index is 0.000000320. The predicted octanol–water partition coefficient (Wildman–Crippen LogP) is 6.69. The second kappa shape index (κ2) is 13.3. The van der Waals surface area contributed by atoms with Crippen LogP contribution in [0, 0.1) is 17.8 Å². The van der Waals surface area contributed by atoms with E-state index in [-0.39, 0.29) is 5.91 Å². The van der Waals surface area contributed by atoms with Crippen LogP contribution < -0.4 is 5.32 Å². The average molecular weight is 492 g/mol. The van der Waals surface area contributed by atoms with E-state index in [4.69, 9.17) is 11.6 Å². The molecule has 0 bridgehead atoms. The number of benzene rings is 1. The Morgan fingerprint density at radius 3 is 2.54 bits per heavy atom. The van der Waals surface area contributed by atoms with Crippen molar-refractivity contribution in [3.63, 3.8) is 0 Å². The van der Waals surface area contributed by atoms with Gasteiger partial charge in [0, 0.05) is 56.6 Å². The van der Waals surface area contributed by atoms with Gasteiger partial charge in [-0.1, -0.05) is 54.3 Å². The molecule has 1 N–H and O–H groups in total. The number of halogens is 1. The maximum Gasteiger partial charge on any atom is 0.255 e. The zero-order chi connectivity index (χ0) is 25.2. The lowest BCUT2D eigenvalue weighted by Gasteiger charge is -2.32. The summed E-state index contributed by atoms with van der Waals surface area (Å²) in [4.78, 5) is 17.0. The van der Waals surface area contributed by atoms with E-state index in [0.717, 1.165) is 50.2 Å². The molecule has 2 heterocycles. The fraction of sp³-hybridized carbons (Fsp3) is 0.433. The summed E-state index contributed by atoms with van der Waals surface area (Å²) in [6.45, 7) is 13.5. The molecule has 0 aromatic heterocycles. The molecule has 35 heavy (non-hydrogen) atoms. The Hall–Kier alpha value is -2.90. The average Bonchev–Trinajstić information content (AvgIpc) is 3.35. The molecule has 2 aliphatic heterocycles. The lowest BCUT2D eigenvalue weighted by Crippen LogP contribution is -2.38. The van der Waals surface area contributed by atoms with E-state index < -0.39 is 0 Å². The smallest absolute Gasteiger partial charge is 0.255 e. The molecule has 0 unspecified atom stereocenters. The largest absolute Gasteiger partial charge is 0.388 e. The number of hydrogen-bond acceptors (Lipinski definition) is 3. The summed E-state index contributed by atoms with van der Waals surface area (Å²) in [5.41, 5.74) is 5.09. The maximum atomic E-state index is 12.8. The molecular formula is C30H38ClN3O. The highest BCUT2D eigenvalue weighted by Gasteiger charge is 2.25. The van der Waals surface area contributed by atoms with Gasteiger partial charge in [0.15, 0.2) is 0 Å². The molecule has 0 atom stereocenters. The van der Waals surface area contributed by atoms with Crippen LogP contribution in [-0.4, -0.2) is 48.9 Å². The Morgan fingerprint density at radius 1 is 1.17 bits per heavy atom. The van der Waals surface area contributed by atoms with Gasteiger partial charge in [-0.3, -0.25) is 4.79 Å². The molecule has 186 valence electrons. The fourth-order valence-electron chi connectivity index (χ4n) is 4.56. The molecule has 0 radical (unpaired) electrons. The van der Waals surface area contributed by atoms with Crippen molar-refractivity contribution < 1.29 is 4.79 Å². The lowest BCUT2D eigenvalue weighted by molar-refractivity contribution is 0.0691. The van der Waals surface area contributed by atoms with Gasteiger partial charge in [-0.05, 0) is 69.2 Å². The number of likely N-dealkylation sites (tertiary alicyclic amines) is 2. The second-order valence-corrected chi connectivity index (χ2v) is 9.86. The van der Waals surface area contributed by atoms with Gasteiger partial charge in [-0.15, -0.1) is 0 Å². The van der Waals surface area contributed by atoms with Crippen molar-refractivity contribution in [3.05, 3.63) is 77.0 Å². The number of anilines is 1. The summed E-state index contributed by atoms with van der Waals surface area (Å²) in [5.74, 6) is 7.14. The summed E-state index contributed by atoms with van der Waals surface area (Å²) in [7, 11) is 1.84. The van der Waals surface area contributed by atoms with Gasteiger partial charge in [0.05, 0.1) is 10.6 Å². The summed E-state index contributed by atoms with van der Waals surface area (Å²) >= 11 is 6.25. The fourth-order valence-corrected chi connectivity index (χ4v) is 4.76. The zero-order valence-corrected chi connectivity index (χ0v) is 22.0. The second-order valence-electron chi connectivity index (χ2n) is 9.46. The van der Waals surface area contributed by atoms with Crippen molar-refractivity contribution in [3.8, 4) is 11.8 Å². The first kappa shape index (κ1) is 26.7. The molecule has 2 saturated heterocycles. The minimum absolute atomic E-state index is 0.0255.